The molecule has 0 radical (unpaired) electrons. The van der Waals surface area contributed by atoms with Gasteiger partial charge < -0.3 is 30.7 Å². The second-order valence-corrected chi connectivity index (χ2v) is 7.76. The van der Waals surface area contributed by atoms with E-state index >= 15 is 0 Å². The number of alkyl halides is 3. The number of aldehydes is 1. The lowest BCUT2D eigenvalue weighted by atomic mass is 10.2. The third-order valence-corrected chi connectivity index (χ3v) is 4.96. The molecule has 194 valence electrons. The maximum absolute atomic E-state index is 13.0. The average molecular weight is 538 g/mol. The van der Waals surface area contributed by atoms with E-state index in [-0.39, 0.29) is 23.7 Å². The van der Waals surface area contributed by atoms with Gasteiger partial charge in [0.2, 0.25) is 0 Å². The van der Waals surface area contributed by atoms with E-state index < -0.39 is 34.7 Å². The molecular formula is C23H19ClF3N5O5. The summed E-state index contributed by atoms with van der Waals surface area (Å²) in [6.45, 7) is -0.182. The molecule has 1 heterocycles. The molecule has 2 aromatic carbocycles. The van der Waals surface area contributed by atoms with Crippen molar-refractivity contribution in [3.05, 3.63) is 77.1 Å². The fourth-order valence-corrected chi connectivity index (χ4v) is 3.15. The molecule has 14 heteroatoms. The lowest BCUT2D eigenvalue weighted by Gasteiger charge is -2.13. The number of rotatable bonds is 9. The first-order valence-corrected chi connectivity index (χ1v) is 10.8. The minimum absolute atomic E-state index is 0.0341. The number of hydrogen-bond donors (Lipinski definition) is 5. The molecule has 0 saturated heterocycles. The number of nitrogens with one attached hydrogen (secondary N) is 4. The van der Waals surface area contributed by atoms with E-state index in [1.807, 2.05) is 0 Å². The Balaban J connectivity index is 1.60. The average Bonchev–Trinajstić information content (AvgIpc) is 2.85. The van der Waals surface area contributed by atoms with Crippen LogP contribution in [0.3, 0.4) is 0 Å². The van der Waals surface area contributed by atoms with Crippen molar-refractivity contribution in [3.8, 4) is 11.5 Å². The van der Waals surface area contributed by atoms with Crippen molar-refractivity contribution in [3.63, 3.8) is 0 Å². The summed E-state index contributed by atoms with van der Waals surface area (Å²) < 4.78 is 44.6. The second kappa shape index (κ2) is 12.2. The molecule has 37 heavy (non-hydrogen) atoms. The van der Waals surface area contributed by atoms with Gasteiger partial charge in [0.25, 0.3) is 5.91 Å². The van der Waals surface area contributed by atoms with Crippen LogP contribution in [0.25, 0.3) is 0 Å². The molecule has 0 fully saturated rings. The summed E-state index contributed by atoms with van der Waals surface area (Å²) in [5.74, 6) is -0.0672. The molecule has 0 unspecified atom stereocenters. The molecule has 3 aromatic rings. The van der Waals surface area contributed by atoms with Crippen LogP contribution in [0.1, 0.15) is 16.1 Å². The Labute approximate surface area is 212 Å². The van der Waals surface area contributed by atoms with Crippen molar-refractivity contribution in [2.24, 2.45) is 0 Å². The predicted octanol–water partition coefficient (Wildman–Crippen LogP) is 4.47. The summed E-state index contributed by atoms with van der Waals surface area (Å²) in [4.78, 5) is 39.3. The fraction of sp³-hybridized carbons (Fsp3) is 0.130. The lowest BCUT2D eigenvalue weighted by Crippen LogP contribution is -2.42. The largest absolute Gasteiger partial charge is 0.457 e. The molecule has 0 spiro atoms. The Morgan fingerprint density at radius 2 is 1.70 bits per heavy atom. The van der Waals surface area contributed by atoms with Gasteiger partial charge in [-0.25, -0.2) is 10.3 Å². The maximum atomic E-state index is 13.0. The van der Waals surface area contributed by atoms with Crippen molar-refractivity contribution in [1.82, 2.24) is 15.8 Å². The number of benzene rings is 2. The SMILES string of the molecule is O=C[C@@H](CNO)NC(=O)c1cc(Oc2ccc(NC(=O)Nc3ccc(Cl)c(C(F)(F)F)c3)cc2)ccn1. The second-order valence-electron chi connectivity index (χ2n) is 7.35. The van der Waals surface area contributed by atoms with Gasteiger partial charge >= 0.3 is 12.2 Å². The molecule has 5 N–H and O–H groups in total. The zero-order chi connectivity index (χ0) is 27.0. The predicted molar refractivity (Wildman–Crippen MR) is 127 cm³/mol. The molecule has 3 amide bonds. The van der Waals surface area contributed by atoms with Crippen molar-refractivity contribution < 1.29 is 37.5 Å². The highest BCUT2D eigenvalue weighted by atomic mass is 35.5. The smallest absolute Gasteiger partial charge is 0.417 e. The Morgan fingerprint density at radius 3 is 2.35 bits per heavy atom. The summed E-state index contributed by atoms with van der Waals surface area (Å²) in [5.41, 5.74) is 0.906. The van der Waals surface area contributed by atoms with Crippen LogP contribution in [-0.4, -0.2) is 41.0 Å². The van der Waals surface area contributed by atoms with Gasteiger partial charge in [-0.15, -0.1) is 0 Å². The Kier molecular flexibility index (Phi) is 9.00. The first-order valence-electron chi connectivity index (χ1n) is 10.4. The normalized spacial score (nSPS) is 11.8. The molecule has 1 atom stereocenters. The third kappa shape index (κ3) is 7.90. The van der Waals surface area contributed by atoms with Crippen LogP contribution >= 0.6 is 11.6 Å². The van der Waals surface area contributed by atoms with Crippen LogP contribution in [0.5, 0.6) is 11.5 Å². The van der Waals surface area contributed by atoms with E-state index in [1.165, 1.54) is 48.7 Å². The van der Waals surface area contributed by atoms with Crippen LogP contribution in [0.2, 0.25) is 5.02 Å². The van der Waals surface area contributed by atoms with E-state index in [1.54, 1.807) is 5.48 Å². The Hall–Kier alpha value is -4.20. The number of amides is 3. The zero-order valence-electron chi connectivity index (χ0n) is 18.7. The molecule has 0 aliphatic heterocycles. The van der Waals surface area contributed by atoms with E-state index in [0.29, 0.717) is 17.7 Å². The van der Waals surface area contributed by atoms with Crippen molar-refractivity contribution in [1.29, 1.82) is 0 Å². The molecule has 0 aliphatic carbocycles. The first kappa shape index (κ1) is 27.4. The number of halogens is 4. The Bertz CT molecular complexity index is 1270. The van der Waals surface area contributed by atoms with Gasteiger partial charge in [0.05, 0.1) is 16.6 Å². The fourth-order valence-electron chi connectivity index (χ4n) is 2.93. The number of hydroxylamine groups is 1. The number of carbonyl (C=O) groups excluding carboxylic acids is 3. The van der Waals surface area contributed by atoms with Gasteiger partial charge in [0.15, 0.2) is 0 Å². The highest BCUT2D eigenvalue weighted by molar-refractivity contribution is 6.31. The summed E-state index contributed by atoms with van der Waals surface area (Å²) >= 11 is 5.57. The molecule has 1 aromatic heterocycles. The van der Waals surface area contributed by atoms with Crippen molar-refractivity contribution in [2.45, 2.75) is 12.2 Å². The summed E-state index contributed by atoms with van der Waals surface area (Å²) in [7, 11) is 0. The number of aromatic nitrogens is 1. The van der Waals surface area contributed by atoms with Crippen LogP contribution in [0.4, 0.5) is 29.3 Å². The summed E-state index contributed by atoms with van der Waals surface area (Å²) in [5, 5.41) is 15.3. The number of anilines is 2. The van der Waals surface area contributed by atoms with Crippen LogP contribution in [0, 0.1) is 0 Å². The zero-order valence-corrected chi connectivity index (χ0v) is 19.4. The third-order valence-electron chi connectivity index (χ3n) is 4.63. The van der Waals surface area contributed by atoms with Crippen molar-refractivity contribution in [2.75, 3.05) is 17.2 Å². The van der Waals surface area contributed by atoms with E-state index in [2.05, 4.69) is 20.9 Å². The number of nitrogens with zero attached hydrogens (tertiary/aromatic N) is 1. The topological polar surface area (TPSA) is 142 Å². The highest BCUT2D eigenvalue weighted by Crippen LogP contribution is 2.36. The lowest BCUT2D eigenvalue weighted by molar-refractivity contribution is -0.137. The molecule has 0 saturated carbocycles. The number of pyridine rings is 1. The van der Waals surface area contributed by atoms with Crippen LogP contribution < -0.4 is 26.2 Å². The minimum Gasteiger partial charge on any atom is -0.457 e. The molecule has 10 nitrogen and oxygen atoms in total. The number of ether oxygens (including phenoxy) is 1. The van der Waals surface area contributed by atoms with E-state index in [4.69, 9.17) is 21.5 Å². The summed E-state index contributed by atoms with van der Waals surface area (Å²) in [6, 6.07) is 10.1. The molecular weight excluding hydrogens is 519 g/mol. The van der Waals surface area contributed by atoms with Gasteiger partial charge in [-0.3, -0.25) is 9.78 Å². The Morgan fingerprint density at radius 1 is 1.03 bits per heavy atom. The van der Waals surface area contributed by atoms with Crippen LogP contribution in [0.15, 0.2) is 60.8 Å². The van der Waals surface area contributed by atoms with Crippen molar-refractivity contribution >= 4 is 41.2 Å². The first-order chi connectivity index (χ1) is 17.6. The molecule has 3 rings (SSSR count). The molecule has 0 aliphatic rings. The maximum Gasteiger partial charge on any atom is 0.417 e. The highest BCUT2D eigenvalue weighted by Gasteiger charge is 2.33. The summed E-state index contributed by atoms with van der Waals surface area (Å²) in [6.07, 6.45) is -2.89. The van der Waals surface area contributed by atoms with Gasteiger partial charge in [-0.2, -0.15) is 13.2 Å². The van der Waals surface area contributed by atoms with Gasteiger partial charge in [-0.05, 0) is 48.5 Å². The van der Waals surface area contributed by atoms with Gasteiger partial charge in [-0.1, -0.05) is 11.6 Å². The molecule has 0 bridgehead atoms. The number of urea groups is 1. The number of hydrogen-bond acceptors (Lipinski definition) is 7. The van der Waals surface area contributed by atoms with E-state index in [9.17, 15) is 27.6 Å². The number of carbonyl (C=O) groups is 3. The minimum atomic E-state index is -4.67. The van der Waals surface area contributed by atoms with E-state index in [0.717, 1.165) is 12.1 Å². The quantitative estimate of drug-likeness (QED) is 0.200. The van der Waals surface area contributed by atoms with Gasteiger partial charge in [0, 0.05) is 30.2 Å². The standard InChI is InChI=1S/C23H19ClF3N5O5/c24-19-6-3-14(9-18(19)23(25,26)27)32-22(35)31-13-1-4-16(5-2-13)37-17-7-8-28-20(10-17)21(34)30-15(12-33)11-29-36/h1-10,12,15,29,36H,11H2,(H,30,34)(H2,31,32,35)/t15-/m1/s1. The van der Waals surface area contributed by atoms with Crippen LogP contribution in [-0.2, 0) is 11.0 Å². The van der Waals surface area contributed by atoms with Gasteiger partial charge in [0.1, 0.15) is 23.5 Å². The monoisotopic (exact) mass is 537 g/mol.